The lowest BCUT2D eigenvalue weighted by Crippen LogP contribution is -2.32. The summed E-state index contributed by atoms with van der Waals surface area (Å²) in [6.45, 7) is 4.33. The Bertz CT molecular complexity index is 1710. The maximum atomic E-state index is 14.7. The van der Waals surface area contributed by atoms with E-state index in [2.05, 4.69) is 25.7 Å². The normalized spacial score (nSPS) is 21.5. The number of carbonyl (C=O) groups is 1. The fourth-order valence-corrected chi connectivity index (χ4v) is 7.77. The van der Waals surface area contributed by atoms with Crippen LogP contribution in [0.15, 0.2) is 47.6 Å². The summed E-state index contributed by atoms with van der Waals surface area (Å²) in [4.78, 5) is 21.1. The Morgan fingerprint density at radius 2 is 1.98 bits per heavy atom. The molecule has 3 fully saturated rings. The topological polar surface area (TPSA) is 140 Å². The summed E-state index contributed by atoms with van der Waals surface area (Å²) in [5, 5.41) is 9.37. The molecule has 11 nitrogen and oxygen atoms in total. The molecule has 0 radical (unpaired) electrons. The molecule has 1 saturated heterocycles. The minimum Gasteiger partial charge on any atom is -0.477 e. The number of hydrogen-bond donors (Lipinski definition) is 3. The molecule has 2 atom stereocenters. The lowest BCUT2D eigenvalue weighted by Gasteiger charge is -2.37. The molecule has 3 aromatic rings. The molecule has 2 aliphatic carbocycles. The number of rotatable bonds is 13. The van der Waals surface area contributed by atoms with Gasteiger partial charge in [0.15, 0.2) is 10.8 Å². The van der Waals surface area contributed by atoms with Crippen molar-refractivity contribution in [2.45, 2.75) is 75.3 Å². The summed E-state index contributed by atoms with van der Waals surface area (Å²) in [5.41, 5.74) is 0.225. The molecule has 1 amide bonds. The molecular weight excluding hydrogens is 640 g/mol. The fraction of sp³-hybridized carbons (Fsp3) is 0.548. The van der Waals surface area contributed by atoms with Gasteiger partial charge in [-0.1, -0.05) is 17.7 Å². The number of nitrogens with one attached hydrogen (secondary N) is 3. The Kier molecular flexibility index (Phi) is 8.74. The van der Waals surface area contributed by atoms with E-state index < -0.39 is 33.4 Å². The monoisotopic (exact) mass is 677 g/mol. The third-order valence-corrected chi connectivity index (χ3v) is 10.9. The van der Waals surface area contributed by atoms with Gasteiger partial charge in [-0.2, -0.15) is 8.42 Å². The number of aromatic nitrogens is 4. The van der Waals surface area contributed by atoms with Gasteiger partial charge in [0.25, 0.3) is 21.9 Å². The predicted octanol–water partition coefficient (Wildman–Crippen LogP) is 5.22. The van der Waals surface area contributed by atoms with E-state index in [4.69, 9.17) is 16.3 Å². The molecule has 3 aromatic heterocycles. The second-order valence-electron chi connectivity index (χ2n) is 13.4. The highest BCUT2D eigenvalue weighted by Gasteiger charge is 2.54. The zero-order valence-corrected chi connectivity index (χ0v) is 27.3. The number of alkyl halides is 2. The lowest BCUT2D eigenvalue weighted by atomic mass is 9.69. The summed E-state index contributed by atoms with van der Waals surface area (Å²) in [7, 11) is -4.47. The van der Waals surface area contributed by atoms with Gasteiger partial charge in [-0.3, -0.25) is 4.79 Å². The second kappa shape index (κ2) is 12.3. The van der Waals surface area contributed by atoms with E-state index in [0.29, 0.717) is 36.7 Å². The summed E-state index contributed by atoms with van der Waals surface area (Å²) in [5.74, 6) is -2.82. The van der Waals surface area contributed by atoms with Gasteiger partial charge in [0.2, 0.25) is 5.88 Å². The van der Waals surface area contributed by atoms with Gasteiger partial charge in [-0.15, -0.1) is 5.10 Å². The highest BCUT2D eigenvalue weighted by atomic mass is 35.5. The van der Waals surface area contributed by atoms with E-state index in [1.165, 1.54) is 54.6 Å². The van der Waals surface area contributed by atoms with Crippen LogP contribution in [-0.2, 0) is 10.0 Å². The molecule has 3 aliphatic rings. The Hall–Kier alpha value is -3.36. The maximum Gasteiger partial charge on any atom is 0.281 e. The Labute approximate surface area is 271 Å². The van der Waals surface area contributed by atoms with E-state index in [0.717, 1.165) is 18.4 Å². The molecule has 15 heteroatoms. The third kappa shape index (κ3) is 7.44. The number of ether oxygens (including phenoxy) is 1. The van der Waals surface area contributed by atoms with E-state index in [9.17, 15) is 22.0 Å². The molecule has 0 aromatic carbocycles. The van der Waals surface area contributed by atoms with Crippen LogP contribution < -0.4 is 20.1 Å². The van der Waals surface area contributed by atoms with Crippen LogP contribution in [-0.4, -0.2) is 65.2 Å². The fourth-order valence-electron chi connectivity index (χ4n) is 6.60. The summed E-state index contributed by atoms with van der Waals surface area (Å²) >= 11 is 6.28. The van der Waals surface area contributed by atoms with Gasteiger partial charge in [0.1, 0.15) is 11.0 Å². The van der Waals surface area contributed by atoms with Crippen LogP contribution in [0.3, 0.4) is 0 Å². The van der Waals surface area contributed by atoms with Crippen molar-refractivity contribution in [2.75, 3.05) is 25.0 Å². The van der Waals surface area contributed by atoms with Crippen LogP contribution in [0.2, 0.25) is 5.15 Å². The van der Waals surface area contributed by atoms with Crippen LogP contribution in [0.4, 0.5) is 14.6 Å². The van der Waals surface area contributed by atoms with Crippen LogP contribution in [0, 0.1) is 17.3 Å². The molecule has 0 bridgehead atoms. The van der Waals surface area contributed by atoms with Crippen LogP contribution in [0.25, 0.3) is 5.82 Å². The number of carbonyl (C=O) groups excluding carboxylic acids is 1. The third-order valence-electron chi connectivity index (χ3n) is 9.35. The van der Waals surface area contributed by atoms with Crippen LogP contribution in [0.5, 0.6) is 5.88 Å². The molecule has 1 aliphatic heterocycles. The Morgan fingerprint density at radius 3 is 2.65 bits per heavy atom. The number of sulfonamides is 1. The van der Waals surface area contributed by atoms with Crippen molar-refractivity contribution in [3.8, 4) is 11.7 Å². The number of amides is 1. The van der Waals surface area contributed by atoms with Crippen LogP contribution >= 0.6 is 11.6 Å². The summed E-state index contributed by atoms with van der Waals surface area (Å²) in [6.07, 6.45) is 8.25. The van der Waals surface area contributed by atoms with Gasteiger partial charge in [-0.05, 0) is 100 Å². The summed E-state index contributed by atoms with van der Waals surface area (Å²) < 4.78 is 64.5. The first-order valence-corrected chi connectivity index (χ1v) is 17.4. The SMILES string of the molecule is CC1(C)CC(CC(F)(F)CNc2cccc(S(=O)(=O)NC(=O)c3ccc(-n4ccc(OCCC5CCC56CC6)n4)nc3Cl)n2)CN1. The first-order valence-electron chi connectivity index (χ1n) is 15.5. The number of halogens is 3. The molecule has 46 heavy (non-hydrogen) atoms. The zero-order valence-electron chi connectivity index (χ0n) is 25.7. The van der Waals surface area contributed by atoms with Crippen molar-refractivity contribution >= 4 is 33.3 Å². The lowest BCUT2D eigenvalue weighted by molar-refractivity contribution is -0.00781. The predicted molar refractivity (Wildman–Crippen MR) is 168 cm³/mol. The zero-order chi connectivity index (χ0) is 32.7. The Balaban J connectivity index is 1.03. The maximum absolute atomic E-state index is 14.7. The molecule has 1 spiro atoms. The average molecular weight is 678 g/mol. The molecule has 2 unspecified atom stereocenters. The van der Waals surface area contributed by atoms with Crippen molar-refractivity contribution in [1.29, 1.82) is 0 Å². The molecular formula is C31H38ClF2N7O4S. The minimum absolute atomic E-state index is 0.0682. The molecule has 248 valence electrons. The van der Waals surface area contributed by atoms with E-state index in [-0.39, 0.29) is 34.4 Å². The van der Waals surface area contributed by atoms with E-state index in [1.807, 2.05) is 18.6 Å². The van der Waals surface area contributed by atoms with Crippen molar-refractivity contribution < 1.29 is 26.7 Å². The second-order valence-corrected chi connectivity index (χ2v) is 15.4. The van der Waals surface area contributed by atoms with Crippen LogP contribution in [0.1, 0.15) is 69.2 Å². The number of pyridine rings is 2. The molecule has 4 heterocycles. The smallest absolute Gasteiger partial charge is 0.281 e. The number of hydrogen-bond acceptors (Lipinski definition) is 9. The average Bonchev–Trinajstić information content (AvgIpc) is 3.59. The molecule has 2 saturated carbocycles. The first-order chi connectivity index (χ1) is 21.7. The molecule has 6 rings (SSSR count). The Morgan fingerprint density at radius 1 is 1.17 bits per heavy atom. The van der Waals surface area contributed by atoms with Gasteiger partial charge in [0, 0.05) is 24.2 Å². The largest absolute Gasteiger partial charge is 0.477 e. The van der Waals surface area contributed by atoms with Gasteiger partial charge >= 0.3 is 0 Å². The van der Waals surface area contributed by atoms with E-state index >= 15 is 0 Å². The quantitative estimate of drug-likeness (QED) is 0.208. The summed E-state index contributed by atoms with van der Waals surface area (Å²) in [6, 6.07) is 8.39. The van der Waals surface area contributed by atoms with E-state index in [1.54, 1.807) is 12.3 Å². The van der Waals surface area contributed by atoms with Crippen molar-refractivity contribution in [1.82, 2.24) is 29.8 Å². The van der Waals surface area contributed by atoms with Crippen molar-refractivity contribution in [2.24, 2.45) is 17.3 Å². The van der Waals surface area contributed by atoms with Crippen molar-refractivity contribution in [3.63, 3.8) is 0 Å². The first kappa shape index (κ1) is 32.6. The molecule has 3 N–H and O–H groups in total. The number of anilines is 1. The van der Waals surface area contributed by atoms with Crippen molar-refractivity contribution in [3.05, 3.63) is 53.3 Å². The standard InChI is InChI=1S/C31H38ClF2N7O4S/c1-29(2)16-20(18-36-29)17-31(33,34)19-35-23-4-3-5-26(37-23)46(43,44)40-28(42)22-6-7-24(38-27(22)32)41-14-9-25(39-41)45-15-10-21-8-11-30(21)12-13-30/h3-7,9,14,20-21,36H,8,10-13,15-19H2,1-2H3,(H,35,37)(H,40,42). The van der Waals surface area contributed by atoms with Gasteiger partial charge in [0.05, 0.1) is 18.7 Å². The highest BCUT2D eigenvalue weighted by Crippen LogP contribution is 2.65. The minimum atomic E-state index is -4.47. The van der Waals surface area contributed by atoms with Gasteiger partial charge in [-0.25, -0.2) is 28.2 Å². The number of nitrogens with zero attached hydrogens (tertiary/aromatic N) is 4. The van der Waals surface area contributed by atoms with Gasteiger partial charge < -0.3 is 15.4 Å². The highest BCUT2D eigenvalue weighted by molar-refractivity contribution is 7.90.